The van der Waals surface area contributed by atoms with Gasteiger partial charge in [0.2, 0.25) is 0 Å². The molecule has 0 spiro atoms. The normalized spacial score (nSPS) is 26.0. The first-order valence-electron chi connectivity index (χ1n) is 0.833. The van der Waals surface area contributed by atoms with Crippen LogP contribution in [0.5, 0.6) is 0 Å². The molecule has 0 aromatic rings. The van der Waals surface area contributed by atoms with Crippen LogP contribution in [0.2, 0.25) is 0 Å². The topological polar surface area (TPSA) is 71.2 Å². The molecule has 0 unspecified atom stereocenters. The molecule has 0 bridgehead atoms. The molecule has 1 saturated heterocycles. The molecule has 0 radical (unpaired) electrons. The van der Waals surface area contributed by atoms with Gasteiger partial charge in [-0.3, -0.25) is 0 Å². The molecule has 4 nitrogen and oxygen atoms in total. The van der Waals surface area contributed by atoms with Crippen molar-refractivity contribution >= 4 is 11.2 Å². The van der Waals surface area contributed by atoms with Crippen LogP contribution < -0.4 is 59.1 Å². The summed E-state index contributed by atoms with van der Waals surface area (Å²) in [5.74, 6) is 0. The summed E-state index contributed by atoms with van der Waals surface area (Å²) in [5, 5.41) is 0. The van der Waals surface area contributed by atoms with E-state index < -0.39 is 11.2 Å². The minimum Gasteiger partial charge on any atom is -0.779 e. The van der Waals surface area contributed by atoms with E-state index in [1.54, 1.807) is 0 Å². The van der Waals surface area contributed by atoms with E-state index in [9.17, 15) is 9.11 Å². The summed E-state index contributed by atoms with van der Waals surface area (Å²) in [6, 6.07) is 0. The molecule has 1 aliphatic rings. The van der Waals surface area contributed by atoms with Crippen molar-refractivity contribution in [2.45, 2.75) is 0 Å². The molecule has 1 aliphatic heterocycles. The molecule has 0 aromatic carbocycles. The summed E-state index contributed by atoms with van der Waals surface area (Å²) in [6.45, 7) is 0. The van der Waals surface area contributed by atoms with Crippen LogP contribution in [0.3, 0.4) is 0 Å². The van der Waals surface area contributed by atoms with Crippen molar-refractivity contribution in [2.24, 2.45) is 0 Å². The molecular formula is Na2O4S. The zero-order chi connectivity index (χ0) is 3.91. The first-order valence-corrected chi connectivity index (χ1v) is 2.17. The van der Waals surface area contributed by atoms with E-state index in [1.165, 1.54) is 0 Å². The standard InChI is InChI=1S/2Na.H2O4S/c;;1-5(2)3-4-5/h;;1-2H/q2*+1;/p-2. The van der Waals surface area contributed by atoms with Gasteiger partial charge in [-0.25, -0.2) is 0 Å². The molecule has 7 heavy (non-hydrogen) atoms. The van der Waals surface area contributed by atoms with E-state index in [-0.39, 0.29) is 59.1 Å². The molecule has 32 valence electrons. The minimum absolute atomic E-state index is 0. The molecule has 0 aromatic heterocycles. The number of hydrogen-bond acceptors (Lipinski definition) is 4. The maximum Gasteiger partial charge on any atom is 1.00 e. The second-order valence-electron chi connectivity index (χ2n) is 0.544. The summed E-state index contributed by atoms with van der Waals surface area (Å²) < 4.78 is 25.3. The SMILES string of the molecule is [Na+].[Na+].[O-]S1([O-])OO1. The largest absolute Gasteiger partial charge is 1.00 e. The maximum atomic E-state index is 9.30. The smallest absolute Gasteiger partial charge is 0.779 e. The van der Waals surface area contributed by atoms with Gasteiger partial charge in [0.15, 0.2) is 0 Å². The minimum atomic E-state index is -3.42. The Kier molecular flexibility index (Phi) is 6.95. The van der Waals surface area contributed by atoms with E-state index in [4.69, 9.17) is 0 Å². The van der Waals surface area contributed by atoms with Crippen LogP contribution >= 0.6 is 11.2 Å². The van der Waals surface area contributed by atoms with Gasteiger partial charge in [-0.1, -0.05) is 11.2 Å². The molecule has 7 heteroatoms. The third-order valence-electron chi connectivity index (χ3n) is 0.179. The fourth-order valence-corrected chi connectivity index (χ4v) is 0.204. The Hall–Kier alpha value is 2.19. The van der Waals surface area contributed by atoms with Gasteiger partial charge in [0, 0.05) is 0 Å². The maximum absolute atomic E-state index is 9.30. The Bertz CT molecular complexity index is 47.7. The van der Waals surface area contributed by atoms with Crippen LogP contribution in [0.1, 0.15) is 0 Å². The summed E-state index contributed by atoms with van der Waals surface area (Å²) in [6.07, 6.45) is 0. The molecule has 0 atom stereocenters. The number of hydrogen-bond donors (Lipinski definition) is 0. The summed E-state index contributed by atoms with van der Waals surface area (Å²) >= 11 is -3.42. The van der Waals surface area contributed by atoms with E-state index in [0.29, 0.717) is 0 Å². The molecule has 0 N–H and O–H groups in total. The Morgan fingerprint density at radius 1 is 1.00 bits per heavy atom. The van der Waals surface area contributed by atoms with Gasteiger partial charge < -0.3 is 9.11 Å². The van der Waals surface area contributed by atoms with Crippen molar-refractivity contribution in [3.63, 3.8) is 0 Å². The van der Waals surface area contributed by atoms with E-state index >= 15 is 0 Å². The third-order valence-corrected chi connectivity index (χ3v) is 0.537. The van der Waals surface area contributed by atoms with Crippen LogP contribution in [0.15, 0.2) is 0 Å². The van der Waals surface area contributed by atoms with E-state index in [2.05, 4.69) is 8.67 Å². The van der Waals surface area contributed by atoms with E-state index in [0.717, 1.165) is 0 Å². The summed E-state index contributed by atoms with van der Waals surface area (Å²) in [7, 11) is 0. The van der Waals surface area contributed by atoms with Crippen molar-refractivity contribution < 1.29 is 76.9 Å². The van der Waals surface area contributed by atoms with E-state index in [1.807, 2.05) is 0 Å². The van der Waals surface area contributed by atoms with Crippen LogP contribution in [0, 0.1) is 0 Å². The van der Waals surface area contributed by atoms with Gasteiger partial charge in [-0.2, -0.15) is 8.67 Å². The Morgan fingerprint density at radius 2 is 1.14 bits per heavy atom. The van der Waals surface area contributed by atoms with Gasteiger partial charge in [-0.05, 0) is 0 Å². The first-order chi connectivity index (χ1) is 2.21. The quantitative estimate of drug-likeness (QED) is 0.192. The molecule has 1 heterocycles. The average molecular weight is 142 g/mol. The monoisotopic (exact) mass is 142 g/mol. The van der Waals surface area contributed by atoms with Crippen LogP contribution in [0.4, 0.5) is 0 Å². The molecule has 0 saturated carbocycles. The van der Waals surface area contributed by atoms with Crippen molar-refractivity contribution in [3.8, 4) is 0 Å². The fourth-order valence-electron chi connectivity index (χ4n) is 0.0227. The Morgan fingerprint density at radius 3 is 1.14 bits per heavy atom. The summed E-state index contributed by atoms with van der Waals surface area (Å²) in [5.41, 5.74) is 0. The van der Waals surface area contributed by atoms with Gasteiger partial charge in [0.1, 0.15) is 0 Å². The van der Waals surface area contributed by atoms with Crippen LogP contribution in [0.25, 0.3) is 0 Å². The molecule has 1 rings (SSSR count). The zero-order valence-corrected chi connectivity index (χ0v) is 8.86. The Labute approximate surface area is 86.8 Å². The first kappa shape index (κ1) is 11.9. The van der Waals surface area contributed by atoms with Crippen LogP contribution in [-0.2, 0) is 8.67 Å². The third kappa shape index (κ3) is 6.07. The zero-order valence-electron chi connectivity index (χ0n) is 4.04. The van der Waals surface area contributed by atoms with Gasteiger partial charge in [-0.15, -0.1) is 0 Å². The average Bonchev–Trinajstić information content (AvgIpc) is 1.76. The molecule has 1 fully saturated rings. The second-order valence-corrected chi connectivity index (χ2v) is 1.63. The predicted octanol–water partition coefficient (Wildman–Crippen LogP) is -6.15. The van der Waals surface area contributed by atoms with Gasteiger partial charge in [0.25, 0.3) is 0 Å². The van der Waals surface area contributed by atoms with Gasteiger partial charge >= 0.3 is 59.1 Å². The summed E-state index contributed by atoms with van der Waals surface area (Å²) in [4.78, 5) is 0. The predicted molar refractivity (Wildman–Crippen MR) is 11.3 cm³/mol. The molecule has 0 amide bonds. The Balaban J connectivity index is 0. The van der Waals surface area contributed by atoms with Crippen LogP contribution in [-0.4, -0.2) is 9.11 Å². The van der Waals surface area contributed by atoms with Crippen molar-refractivity contribution in [3.05, 3.63) is 0 Å². The fraction of sp³-hybridized carbons (Fsp3) is 0. The van der Waals surface area contributed by atoms with Crippen molar-refractivity contribution in [1.82, 2.24) is 0 Å². The number of rotatable bonds is 0. The molecule has 0 aliphatic carbocycles. The van der Waals surface area contributed by atoms with Crippen molar-refractivity contribution in [1.29, 1.82) is 0 Å². The second kappa shape index (κ2) is 4.08. The van der Waals surface area contributed by atoms with Crippen molar-refractivity contribution in [2.75, 3.05) is 0 Å². The van der Waals surface area contributed by atoms with Gasteiger partial charge in [0.05, 0.1) is 0 Å². The molecular weight excluding hydrogens is 142 g/mol.